The molecule has 4 aromatic rings. The summed E-state index contributed by atoms with van der Waals surface area (Å²) in [6, 6.07) is 14.8. The molecule has 0 N–H and O–H groups in total. The van der Waals surface area contributed by atoms with Crippen LogP contribution in [-0.4, -0.2) is 43.9 Å². The molecule has 5 rings (SSSR count). The van der Waals surface area contributed by atoms with Crippen LogP contribution in [0.5, 0.6) is 5.75 Å². The van der Waals surface area contributed by atoms with Crippen LogP contribution < -0.4 is 4.74 Å². The average Bonchev–Trinajstić information content (AvgIpc) is 3.59. The van der Waals surface area contributed by atoms with Gasteiger partial charge >= 0.3 is 0 Å². The number of nitrogens with zero attached hydrogens (tertiary/aromatic N) is 6. The predicted molar refractivity (Wildman–Crippen MR) is 114 cm³/mol. The van der Waals surface area contributed by atoms with Gasteiger partial charge in [0.25, 0.3) is 5.91 Å². The SMILES string of the molecule is COc1cccc(-c2nnn(CC(=O)N3N=C(c4ccco4)CC3c3cccs3)n2)c1. The Kier molecular flexibility index (Phi) is 5.04. The number of carbonyl (C=O) groups excluding carboxylic acids is 1. The quantitative estimate of drug-likeness (QED) is 0.461. The zero-order valence-corrected chi connectivity index (χ0v) is 17.4. The largest absolute Gasteiger partial charge is 0.497 e. The van der Waals surface area contributed by atoms with Gasteiger partial charge in [-0.25, -0.2) is 5.01 Å². The van der Waals surface area contributed by atoms with Gasteiger partial charge in [-0.1, -0.05) is 18.2 Å². The van der Waals surface area contributed by atoms with Gasteiger partial charge in [-0.3, -0.25) is 4.79 Å². The third-order valence-electron chi connectivity index (χ3n) is 4.90. The Bertz CT molecular complexity index is 1220. The maximum Gasteiger partial charge on any atom is 0.266 e. The van der Waals surface area contributed by atoms with E-state index in [4.69, 9.17) is 9.15 Å². The van der Waals surface area contributed by atoms with E-state index in [0.29, 0.717) is 23.8 Å². The van der Waals surface area contributed by atoms with Crippen LogP contribution in [0.15, 0.2) is 69.7 Å². The molecule has 0 saturated carbocycles. The topological polar surface area (TPSA) is 98.6 Å². The molecule has 1 amide bonds. The first-order chi connectivity index (χ1) is 15.2. The van der Waals surface area contributed by atoms with Gasteiger partial charge in [0, 0.05) is 16.9 Å². The van der Waals surface area contributed by atoms with Crippen molar-refractivity contribution in [3.63, 3.8) is 0 Å². The summed E-state index contributed by atoms with van der Waals surface area (Å²) in [5.74, 6) is 1.55. The number of amides is 1. The number of methoxy groups -OCH3 is 1. The molecule has 0 radical (unpaired) electrons. The van der Waals surface area contributed by atoms with Crippen LogP contribution in [0.1, 0.15) is 23.1 Å². The number of ether oxygens (including phenoxy) is 1. The molecule has 3 aromatic heterocycles. The Hall–Kier alpha value is -3.79. The molecule has 0 fully saturated rings. The number of hydrogen-bond donors (Lipinski definition) is 0. The number of hydrogen-bond acceptors (Lipinski definition) is 8. The fourth-order valence-corrected chi connectivity index (χ4v) is 4.23. The average molecular weight is 434 g/mol. The first-order valence-corrected chi connectivity index (χ1v) is 10.5. The molecular formula is C21H18N6O3S. The minimum Gasteiger partial charge on any atom is -0.497 e. The number of hydrazone groups is 1. The Morgan fingerprint density at radius 2 is 2.19 bits per heavy atom. The molecule has 156 valence electrons. The summed E-state index contributed by atoms with van der Waals surface area (Å²) in [5, 5.41) is 20.5. The van der Waals surface area contributed by atoms with Crippen LogP contribution in [0, 0.1) is 0 Å². The van der Waals surface area contributed by atoms with E-state index in [1.54, 1.807) is 24.7 Å². The summed E-state index contributed by atoms with van der Waals surface area (Å²) in [6.45, 7) is -0.0756. The normalized spacial score (nSPS) is 15.8. The predicted octanol–water partition coefficient (Wildman–Crippen LogP) is 3.38. The number of tetrazole rings is 1. The lowest BCUT2D eigenvalue weighted by atomic mass is 10.1. The number of thiophene rings is 1. The molecule has 1 unspecified atom stereocenters. The van der Waals surface area contributed by atoms with E-state index in [1.165, 1.54) is 9.81 Å². The lowest BCUT2D eigenvalue weighted by Gasteiger charge is -2.20. The zero-order valence-electron chi connectivity index (χ0n) is 16.6. The summed E-state index contributed by atoms with van der Waals surface area (Å²) in [5.41, 5.74) is 1.49. The fraction of sp³-hybridized carbons (Fsp3) is 0.190. The smallest absolute Gasteiger partial charge is 0.266 e. The number of carbonyl (C=O) groups is 1. The van der Waals surface area contributed by atoms with E-state index < -0.39 is 0 Å². The van der Waals surface area contributed by atoms with Crippen molar-refractivity contribution < 1.29 is 13.9 Å². The Balaban J connectivity index is 1.37. The molecule has 1 aromatic carbocycles. The van der Waals surface area contributed by atoms with Gasteiger partial charge in [-0.05, 0) is 40.9 Å². The number of furan rings is 1. The molecule has 10 heteroatoms. The Labute approximate surface area is 181 Å². The molecule has 4 heterocycles. The highest BCUT2D eigenvalue weighted by Crippen LogP contribution is 2.35. The molecule has 1 aliphatic heterocycles. The number of rotatable bonds is 6. The van der Waals surface area contributed by atoms with E-state index in [-0.39, 0.29) is 18.5 Å². The van der Waals surface area contributed by atoms with Crippen LogP contribution in [0.4, 0.5) is 0 Å². The van der Waals surface area contributed by atoms with Gasteiger partial charge in [0.05, 0.1) is 19.4 Å². The lowest BCUT2D eigenvalue weighted by Crippen LogP contribution is -2.30. The maximum atomic E-state index is 13.1. The van der Waals surface area contributed by atoms with Gasteiger partial charge in [-0.15, -0.1) is 21.5 Å². The Morgan fingerprint density at radius 3 is 2.97 bits per heavy atom. The van der Waals surface area contributed by atoms with Crippen molar-refractivity contribution in [2.45, 2.75) is 19.0 Å². The van der Waals surface area contributed by atoms with Crippen LogP contribution in [0.25, 0.3) is 11.4 Å². The second-order valence-corrected chi connectivity index (χ2v) is 7.85. The highest BCUT2D eigenvalue weighted by molar-refractivity contribution is 7.10. The summed E-state index contributed by atoms with van der Waals surface area (Å²) in [7, 11) is 1.60. The van der Waals surface area contributed by atoms with Crippen molar-refractivity contribution in [1.29, 1.82) is 0 Å². The summed E-state index contributed by atoms with van der Waals surface area (Å²) >= 11 is 1.59. The molecule has 0 bridgehead atoms. The van der Waals surface area contributed by atoms with Crippen molar-refractivity contribution in [1.82, 2.24) is 25.2 Å². The molecular weight excluding hydrogens is 416 g/mol. The minimum absolute atomic E-state index is 0.0756. The van der Waals surface area contributed by atoms with Crippen LogP contribution in [0.3, 0.4) is 0 Å². The maximum absolute atomic E-state index is 13.1. The van der Waals surface area contributed by atoms with Crippen molar-refractivity contribution in [3.05, 3.63) is 70.8 Å². The van der Waals surface area contributed by atoms with Crippen LogP contribution >= 0.6 is 11.3 Å². The third-order valence-corrected chi connectivity index (χ3v) is 5.87. The molecule has 0 saturated heterocycles. The van der Waals surface area contributed by atoms with Gasteiger partial charge in [0.1, 0.15) is 23.8 Å². The van der Waals surface area contributed by atoms with Crippen molar-refractivity contribution in [2.24, 2.45) is 5.10 Å². The van der Waals surface area contributed by atoms with E-state index >= 15 is 0 Å². The van der Waals surface area contributed by atoms with Gasteiger partial charge in [-0.2, -0.15) is 9.90 Å². The van der Waals surface area contributed by atoms with Gasteiger partial charge in [0.15, 0.2) is 0 Å². The van der Waals surface area contributed by atoms with Crippen molar-refractivity contribution in [2.75, 3.05) is 7.11 Å². The Morgan fingerprint density at radius 1 is 1.26 bits per heavy atom. The summed E-state index contributed by atoms with van der Waals surface area (Å²) < 4.78 is 10.7. The highest BCUT2D eigenvalue weighted by atomic mass is 32.1. The lowest BCUT2D eigenvalue weighted by molar-refractivity contribution is -0.134. The minimum atomic E-state index is -0.227. The first kappa shape index (κ1) is 19.2. The standard InChI is InChI=1S/C21H18N6O3S/c1-29-15-6-2-5-14(11-15)21-22-25-26(24-21)13-20(28)27-17(19-8-4-10-31-19)12-16(23-27)18-7-3-9-30-18/h2-11,17H,12-13H2,1H3. The molecule has 31 heavy (non-hydrogen) atoms. The number of aromatic nitrogens is 4. The van der Waals surface area contributed by atoms with Crippen molar-refractivity contribution in [3.8, 4) is 17.1 Å². The molecule has 1 atom stereocenters. The first-order valence-electron chi connectivity index (χ1n) is 9.60. The molecule has 0 spiro atoms. The zero-order chi connectivity index (χ0) is 21.2. The van der Waals surface area contributed by atoms with Crippen LogP contribution in [-0.2, 0) is 11.3 Å². The fourth-order valence-electron chi connectivity index (χ4n) is 3.42. The molecule has 9 nitrogen and oxygen atoms in total. The molecule has 1 aliphatic rings. The summed E-state index contributed by atoms with van der Waals surface area (Å²) in [4.78, 5) is 15.5. The van der Waals surface area contributed by atoms with E-state index in [2.05, 4.69) is 20.5 Å². The van der Waals surface area contributed by atoms with E-state index in [9.17, 15) is 4.79 Å². The van der Waals surface area contributed by atoms with Crippen molar-refractivity contribution >= 4 is 23.0 Å². The van der Waals surface area contributed by atoms with E-state index in [1.807, 2.05) is 53.9 Å². The second-order valence-electron chi connectivity index (χ2n) is 6.87. The third kappa shape index (κ3) is 3.84. The monoisotopic (exact) mass is 434 g/mol. The summed E-state index contributed by atoms with van der Waals surface area (Å²) in [6.07, 6.45) is 2.18. The van der Waals surface area contributed by atoms with Crippen LogP contribution in [0.2, 0.25) is 0 Å². The van der Waals surface area contributed by atoms with Gasteiger partial charge in [0.2, 0.25) is 5.82 Å². The van der Waals surface area contributed by atoms with Gasteiger partial charge < -0.3 is 9.15 Å². The van der Waals surface area contributed by atoms with E-state index in [0.717, 1.165) is 16.2 Å². The molecule has 0 aliphatic carbocycles. The second kappa shape index (κ2) is 8.15. The number of benzene rings is 1. The highest BCUT2D eigenvalue weighted by Gasteiger charge is 2.35.